The number of carbonyl (C=O) groups is 2. The average molecular weight is 543 g/mol. The number of hydrogen-bond acceptors (Lipinski definition) is 5. The Morgan fingerprint density at radius 1 is 0.892 bits per heavy atom. The molecule has 37 heavy (non-hydrogen) atoms. The van der Waals surface area contributed by atoms with Gasteiger partial charge in [-0.25, -0.2) is 12.8 Å². The molecule has 1 aliphatic heterocycles. The van der Waals surface area contributed by atoms with Gasteiger partial charge in [-0.2, -0.15) is 4.31 Å². The first kappa shape index (κ1) is 26.5. The third kappa shape index (κ3) is 6.82. The van der Waals surface area contributed by atoms with Gasteiger partial charge < -0.3 is 9.64 Å². The quantitative estimate of drug-likeness (QED) is 0.313. The van der Waals surface area contributed by atoms with E-state index in [0.29, 0.717) is 21.9 Å². The van der Waals surface area contributed by atoms with Crippen molar-refractivity contribution in [1.29, 1.82) is 0 Å². The third-order valence-electron chi connectivity index (χ3n) is 5.84. The molecule has 4 rings (SSSR count). The fourth-order valence-corrected chi connectivity index (χ4v) is 5.28. The monoisotopic (exact) mass is 542 g/mol. The lowest BCUT2D eigenvalue weighted by Gasteiger charge is -2.34. The van der Waals surface area contributed by atoms with Gasteiger partial charge in [0.1, 0.15) is 11.6 Å². The van der Waals surface area contributed by atoms with E-state index in [2.05, 4.69) is 0 Å². The van der Waals surface area contributed by atoms with E-state index >= 15 is 0 Å². The van der Waals surface area contributed by atoms with E-state index < -0.39 is 10.0 Å². The number of amides is 1. The van der Waals surface area contributed by atoms with Crippen molar-refractivity contribution in [3.63, 3.8) is 0 Å². The van der Waals surface area contributed by atoms with Gasteiger partial charge in [-0.1, -0.05) is 29.8 Å². The molecule has 0 radical (unpaired) electrons. The Morgan fingerprint density at radius 2 is 1.51 bits per heavy atom. The fraction of sp³-hybridized carbons (Fsp3) is 0.185. The number of allylic oxidation sites excluding steroid dienone is 1. The average Bonchev–Trinajstić information content (AvgIpc) is 2.92. The molecule has 1 heterocycles. The zero-order chi connectivity index (χ0) is 26.4. The molecule has 3 aromatic rings. The Balaban J connectivity index is 1.25. The van der Waals surface area contributed by atoms with Crippen molar-refractivity contribution >= 4 is 39.4 Å². The van der Waals surface area contributed by atoms with Gasteiger partial charge in [0.05, 0.1) is 4.90 Å². The molecule has 0 spiro atoms. The van der Waals surface area contributed by atoms with Crippen LogP contribution < -0.4 is 4.74 Å². The second-order valence-corrected chi connectivity index (χ2v) is 10.7. The summed E-state index contributed by atoms with van der Waals surface area (Å²) in [5.41, 5.74) is 1.15. The number of halogens is 2. The first-order valence-corrected chi connectivity index (χ1v) is 13.3. The van der Waals surface area contributed by atoms with Crippen molar-refractivity contribution in [1.82, 2.24) is 9.21 Å². The summed E-state index contributed by atoms with van der Waals surface area (Å²) in [6.07, 6.45) is 3.00. The van der Waals surface area contributed by atoms with Crippen LogP contribution in [-0.4, -0.2) is 62.1 Å². The van der Waals surface area contributed by atoms with Crippen molar-refractivity contribution in [3.05, 3.63) is 101 Å². The van der Waals surface area contributed by atoms with Crippen LogP contribution in [-0.2, 0) is 14.8 Å². The maximum atomic E-state index is 13.0. The van der Waals surface area contributed by atoms with Crippen LogP contribution in [0.5, 0.6) is 5.75 Å². The Bertz CT molecular complexity index is 1380. The van der Waals surface area contributed by atoms with Gasteiger partial charge in [-0.3, -0.25) is 9.59 Å². The van der Waals surface area contributed by atoms with Gasteiger partial charge in [-0.15, -0.1) is 0 Å². The van der Waals surface area contributed by atoms with E-state index in [-0.39, 0.29) is 55.2 Å². The largest absolute Gasteiger partial charge is 0.484 e. The number of ether oxygens (including phenoxy) is 1. The summed E-state index contributed by atoms with van der Waals surface area (Å²) in [6, 6.07) is 18.2. The smallest absolute Gasteiger partial charge is 0.260 e. The van der Waals surface area contributed by atoms with Gasteiger partial charge in [0, 0.05) is 36.8 Å². The maximum Gasteiger partial charge on any atom is 0.260 e. The standard InChI is InChI=1S/C27H24ClFN2O5S/c28-22-6-12-25(13-7-22)37(34,35)31-17-15-30(16-18-31)27(33)19-36-24-10-4-21(5-11-24)26(32)14-3-20-1-8-23(29)9-2-20/h1-14H,15-19H2. The maximum absolute atomic E-state index is 13.0. The summed E-state index contributed by atoms with van der Waals surface area (Å²) in [5.74, 6) is -0.400. The highest BCUT2D eigenvalue weighted by Gasteiger charge is 2.30. The number of benzene rings is 3. The number of ketones is 1. The number of sulfonamides is 1. The summed E-state index contributed by atoms with van der Waals surface area (Å²) >= 11 is 5.84. The topological polar surface area (TPSA) is 84.0 Å². The van der Waals surface area contributed by atoms with Crippen molar-refractivity contribution < 1.29 is 27.1 Å². The molecule has 1 aliphatic rings. The molecule has 1 amide bonds. The zero-order valence-corrected chi connectivity index (χ0v) is 21.3. The second-order valence-electron chi connectivity index (χ2n) is 8.30. The first-order chi connectivity index (χ1) is 17.7. The van der Waals surface area contributed by atoms with Gasteiger partial charge in [0.25, 0.3) is 5.91 Å². The molecule has 0 aliphatic carbocycles. The second kappa shape index (κ2) is 11.7. The molecule has 0 unspecified atom stereocenters. The summed E-state index contributed by atoms with van der Waals surface area (Å²) in [4.78, 5) is 26.7. The SMILES string of the molecule is O=C(C=Cc1ccc(F)cc1)c1ccc(OCC(=O)N2CCN(S(=O)(=O)c3ccc(Cl)cc3)CC2)cc1. The lowest BCUT2D eigenvalue weighted by Crippen LogP contribution is -2.51. The van der Waals surface area contributed by atoms with Crippen molar-refractivity contribution in [2.75, 3.05) is 32.8 Å². The summed E-state index contributed by atoms with van der Waals surface area (Å²) < 4.78 is 45.5. The lowest BCUT2D eigenvalue weighted by atomic mass is 10.1. The van der Waals surface area contributed by atoms with E-state index in [1.165, 1.54) is 46.8 Å². The van der Waals surface area contributed by atoms with Crippen LogP contribution in [0.15, 0.2) is 83.8 Å². The summed E-state index contributed by atoms with van der Waals surface area (Å²) in [5, 5.41) is 0.453. The highest BCUT2D eigenvalue weighted by atomic mass is 35.5. The van der Waals surface area contributed by atoms with Gasteiger partial charge in [0.2, 0.25) is 10.0 Å². The van der Waals surface area contributed by atoms with Crippen molar-refractivity contribution in [3.8, 4) is 5.75 Å². The number of piperazine rings is 1. The molecule has 192 valence electrons. The van der Waals surface area contributed by atoms with Crippen LogP contribution in [0, 0.1) is 5.82 Å². The summed E-state index contributed by atoms with van der Waals surface area (Å²) in [6.45, 7) is 0.658. The fourth-order valence-electron chi connectivity index (χ4n) is 3.73. The Labute approximate surface area is 219 Å². The van der Waals surface area contributed by atoms with Crippen LogP contribution in [0.4, 0.5) is 4.39 Å². The lowest BCUT2D eigenvalue weighted by molar-refractivity contribution is -0.134. The van der Waals surface area contributed by atoms with Crippen LogP contribution in [0.3, 0.4) is 0 Å². The van der Waals surface area contributed by atoms with Crippen LogP contribution >= 0.6 is 11.6 Å². The molecule has 10 heteroatoms. The van der Waals surface area contributed by atoms with Gasteiger partial charge in [-0.05, 0) is 72.3 Å². The summed E-state index contributed by atoms with van der Waals surface area (Å²) in [7, 11) is -3.66. The van der Waals surface area contributed by atoms with Crippen LogP contribution in [0.2, 0.25) is 5.02 Å². The van der Waals surface area contributed by atoms with Crippen LogP contribution in [0.1, 0.15) is 15.9 Å². The Kier molecular flexibility index (Phi) is 8.38. The number of rotatable bonds is 8. The molecule has 1 fully saturated rings. The van der Waals surface area contributed by atoms with E-state index in [0.717, 1.165) is 0 Å². The van der Waals surface area contributed by atoms with Crippen molar-refractivity contribution in [2.24, 2.45) is 0 Å². The molecule has 3 aromatic carbocycles. The predicted molar refractivity (Wildman–Crippen MR) is 138 cm³/mol. The van der Waals surface area contributed by atoms with Gasteiger partial charge >= 0.3 is 0 Å². The third-order valence-corrected chi connectivity index (χ3v) is 8.01. The highest BCUT2D eigenvalue weighted by Crippen LogP contribution is 2.20. The van der Waals surface area contributed by atoms with E-state index in [1.807, 2.05) is 0 Å². The minimum Gasteiger partial charge on any atom is -0.484 e. The molecule has 0 N–H and O–H groups in total. The van der Waals surface area contributed by atoms with E-state index in [1.54, 1.807) is 47.4 Å². The molecular weight excluding hydrogens is 519 g/mol. The zero-order valence-electron chi connectivity index (χ0n) is 19.7. The molecular formula is C27H24ClFN2O5S. The van der Waals surface area contributed by atoms with Crippen LogP contribution in [0.25, 0.3) is 6.08 Å². The molecule has 0 saturated carbocycles. The Hall–Kier alpha value is -3.53. The molecule has 7 nitrogen and oxygen atoms in total. The van der Waals surface area contributed by atoms with Crippen molar-refractivity contribution in [2.45, 2.75) is 4.90 Å². The molecule has 0 bridgehead atoms. The predicted octanol–water partition coefficient (Wildman–Crippen LogP) is 4.29. The number of carbonyl (C=O) groups excluding carboxylic acids is 2. The first-order valence-electron chi connectivity index (χ1n) is 11.5. The molecule has 0 aromatic heterocycles. The molecule has 1 saturated heterocycles. The normalized spacial score (nSPS) is 14.6. The minimum atomic E-state index is -3.66. The van der Waals surface area contributed by atoms with E-state index in [4.69, 9.17) is 16.3 Å². The highest BCUT2D eigenvalue weighted by molar-refractivity contribution is 7.89. The number of hydrogen-bond donors (Lipinski definition) is 0. The van der Waals surface area contributed by atoms with Gasteiger partial charge in [0.15, 0.2) is 12.4 Å². The van der Waals surface area contributed by atoms with E-state index in [9.17, 15) is 22.4 Å². The number of nitrogens with zero attached hydrogens (tertiary/aromatic N) is 2. The minimum absolute atomic E-state index is 0.160. The Morgan fingerprint density at radius 3 is 2.14 bits per heavy atom. The molecule has 0 atom stereocenters.